The first-order valence-corrected chi connectivity index (χ1v) is 9.61. The summed E-state index contributed by atoms with van der Waals surface area (Å²) in [6.45, 7) is 3.02. The van der Waals surface area contributed by atoms with Crippen LogP contribution in [0.5, 0.6) is 0 Å². The van der Waals surface area contributed by atoms with Gasteiger partial charge in [-0.1, -0.05) is 35.9 Å². The van der Waals surface area contributed by atoms with E-state index in [1.807, 2.05) is 24.3 Å². The van der Waals surface area contributed by atoms with Crippen molar-refractivity contribution in [3.63, 3.8) is 0 Å². The highest BCUT2D eigenvalue weighted by atomic mass is 35.5. The summed E-state index contributed by atoms with van der Waals surface area (Å²) in [6.07, 6.45) is 7.23. The molecule has 0 unspecified atom stereocenters. The van der Waals surface area contributed by atoms with E-state index in [4.69, 9.17) is 16.6 Å². The molecule has 5 nitrogen and oxygen atoms in total. The molecular weight excluding hydrogens is 358 g/mol. The lowest BCUT2D eigenvalue weighted by Crippen LogP contribution is -2.32. The summed E-state index contributed by atoms with van der Waals surface area (Å²) < 4.78 is 0. The standard InChI is InChI=1S/C21H22ClN5/c22-18-5-2-1-4-17(18)15-27-12-8-16(9-13-27)19-6-3-7-20(25-19)26-21-14-23-10-11-24-21/h1-7,10-11,14,16H,8-9,12-13,15H2,(H,24,25,26). The summed E-state index contributed by atoms with van der Waals surface area (Å²) in [4.78, 5) is 15.6. The van der Waals surface area contributed by atoms with Gasteiger partial charge in [-0.3, -0.25) is 9.88 Å². The van der Waals surface area contributed by atoms with Crippen molar-refractivity contribution in [2.45, 2.75) is 25.3 Å². The van der Waals surface area contributed by atoms with Crippen molar-refractivity contribution in [2.75, 3.05) is 18.4 Å². The number of hydrogen-bond donors (Lipinski definition) is 1. The van der Waals surface area contributed by atoms with Gasteiger partial charge in [-0.05, 0) is 49.7 Å². The van der Waals surface area contributed by atoms with Gasteiger partial charge in [0.15, 0.2) is 0 Å². The molecule has 0 saturated carbocycles. The zero-order valence-corrected chi connectivity index (χ0v) is 15.8. The number of likely N-dealkylation sites (tertiary alicyclic amines) is 1. The molecule has 1 aromatic carbocycles. The van der Waals surface area contributed by atoms with Crippen LogP contribution in [0.25, 0.3) is 0 Å². The van der Waals surface area contributed by atoms with Gasteiger partial charge >= 0.3 is 0 Å². The summed E-state index contributed by atoms with van der Waals surface area (Å²) >= 11 is 6.30. The number of rotatable bonds is 5. The van der Waals surface area contributed by atoms with Crippen molar-refractivity contribution in [2.24, 2.45) is 0 Å². The molecule has 6 heteroatoms. The summed E-state index contributed by atoms with van der Waals surface area (Å²) in [5.41, 5.74) is 2.34. The zero-order chi connectivity index (χ0) is 18.5. The van der Waals surface area contributed by atoms with Crippen molar-refractivity contribution < 1.29 is 0 Å². The van der Waals surface area contributed by atoms with E-state index in [1.54, 1.807) is 18.6 Å². The molecule has 27 heavy (non-hydrogen) atoms. The smallest absolute Gasteiger partial charge is 0.150 e. The largest absolute Gasteiger partial charge is 0.324 e. The number of pyridine rings is 1. The third kappa shape index (κ3) is 4.62. The van der Waals surface area contributed by atoms with Gasteiger partial charge in [0.25, 0.3) is 0 Å². The van der Waals surface area contributed by atoms with Crippen molar-refractivity contribution in [1.29, 1.82) is 0 Å². The third-order valence-corrected chi connectivity index (χ3v) is 5.32. The lowest BCUT2D eigenvalue weighted by atomic mass is 9.93. The molecule has 2 aromatic heterocycles. The number of nitrogens with zero attached hydrogens (tertiary/aromatic N) is 4. The Morgan fingerprint density at radius 3 is 2.63 bits per heavy atom. The van der Waals surface area contributed by atoms with Gasteiger partial charge in [0, 0.05) is 35.6 Å². The van der Waals surface area contributed by atoms with E-state index >= 15 is 0 Å². The summed E-state index contributed by atoms with van der Waals surface area (Å²) in [7, 11) is 0. The minimum absolute atomic E-state index is 0.483. The number of anilines is 2. The second-order valence-electron chi connectivity index (χ2n) is 6.81. The van der Waals surface area contributed by atoms with Crippen LogP contribution in [0.15, 0.2) is 61.1 Å². The Balaban J connectivity index is 1.37. The zero-order valence-electron chi connectivity index (χ0n) is 15.1. The highest BCUT2D eigenvalue weighted by Gasteiger charge is 2.22. The molecule has 138 valence electrons. The molecule has 0 atom stereocenters. The van der Waals surface area contributed by atoms with Crippen LogP contribution in [0.4, 0.5) is 11.6 Å². The maximum absolute atomic E-state index is 6.30. The summed E-state index contributed by atoms with van der Waals surface area (Å²) in [6, 6.07) is 14.2. The van der Waals surface area contributed by atoms with Crippen LogP contribution in [0.3, 0.4) is 0 Å². The number of benzene rings is 1. The van der Waals surface area contributed by atoms with Gasteiger partial charge in [-0.15, -0.1) is 0 Å². The van der Waals surface area contributed by atoms with Crippen LogP contribution in [-0.4, -0.2) is 32.9 Å². The third-order valence-electron chi connectivity index (χ3n) is 4.95. The second-order valence-corrected chi connectivity index (χ2v) is 7.21. The van der Waals surface area contributed by atoms with E-state index < -0.39 is 0 Å². The minimum atomic E-state index is 0.483. The molecule has 1 aliphatic rings. The Kier molecular flexibility index (Phi) is 5.61. The summed E-state index contributed by atoms with van der Waals surface area (Å²) in [5, 5.41) is 4.07. The molecule has 0 radical (unpaired) electrons. The topological polar surface area (TPSA) is 53.9 Å². The molecule has 1 N–H and O–H groups in total. The van der Waals surface area contributed by atoms with Crippen LogP contribution in [0, 0.1) is 0 Å². The molecule has 0 spiro atoms. The molecule has 1 aliphatic heterocycles. The highest BCUT2D eigenvalue weighted by molar-refractivity contribution is 6.31. The fraction of sp³-hybridized carbons (Fsp3) is 0.286. The normalized spacial score (nSPS) is 15.6. The molecule has 0 bridgehead atoms. The molecule has 0 aliphatic carbocycles. The number of hydrogen-bond acceptors (Lipinski definition) is 5. The Labute approximate surface area is 164 Å². The van der Waals surface area contributed by atoms with Crippen LogP contribution >= 0.6 is 11.6 Å². The Hall–Kier alpha value is -2.50. The predicted molar refractivity (Wildman–Crippen MR) is 108 cm³/mol. The van der Waals surface area contributed by atoms with E-state index in [0.29, 0.717) is 11.7 Å². The van der Waals surface area contributed by atoms with Gasteiger partial charge in [0.2, 0.25) is 0 Å². The SMILES string of the molecule is Clc1ccccc1CN1CCC(c2cccc(Nc3cnccn3)n2)CC1. The fourth-order valence-electron chi connectivity index (χ4n) is 3.50. The van der Waals surface area contributed by atoms with Crippen molar-refractivity contribution in [3.8, 4) is 0 Å². The van der Waals surface area contributed by atoms with Crippen molar-refractivity contribution >= 4 is 23.2 Å². The van der Waals surface area contributed by atoms with Gasteiger partial charge in [-0.2, -0.15) is 0 Å². The molecule has 1 fully saturated rings. The van der Waals surface area contributed by atoms with E-state index in [1.165, 1.54) is 5.56 Å². The number of halogens is 1. The first-order valence-electron chi connectivity index (χ1n) is 9.24. The maximum Gasteiger partial charge on any atom is 0.150 e. The summed E-state index contributed by atoms with van der Waals surface area (Å²) in [5.74, 6) is 2.00. The minimum Gasteiger partial charge on any atom is -0.324 e. The van der Waals surface area contributed by atoms with Crippen molar-refractivity contribution in [3.05, 3.63) is 77.3 Å². The molecule has 1 saturated heterocycles. The van der Waals surface area contributed by atoms with Gasteiger partial charge < -0.3 is 5.32 Å². The van der Waals surface area contributed by atoms with Gasteiger partial charge in [0.1, 0.15) is 11.6 Å². The lowest BCUT2D eigenvalue weighted by Gasteiger charge is -2.32. The van der Waals surface area contributed by atoms with Crippen LogP contribution in [0.1, 0.15) is 30.0 Å². The molecule has 3 heterocycles. The average Bonchev–Trinajstić information content (AvgIpc) is 2.71. The maximum atomic E-state index is 6.30. The number of aromatic nitrogens is 3. The molecule has 3 aromatic rings. The Morgan fingerprint density at radius 1 is 1.00 bits per heavy atom. The fourth-order valence-corrected chi connectivity index (χ4v) is 3.69. The Morgan fingerprint density at radius 2 is 1.85 bits per heavy atom. The average molecular weight is 380 g/mol. The van der Waals surface area contributed by atoms with Gasteiger partial charge in [0.05, 0.1) is 6.20 Å². The van der Waals surface area contributed by atoms with E-state index in [-0.39, 0.29) is 0 Å². The number of nitrogens with one attached hydrogen (secondary N) is 1. The second kappa shape index (κ2) is 8.46. The van der Waals surface area contributed by atoms with Crippen LogP contribution in [-0.2, 0) is 6.54 Å². The predicted octanol–water partition coefficient (Wildman–Crippen LogP) is 4.65. The first-order chi connectivity index (χ1) is 13.3. The molecule has 0 amide bonds. The molecular formula is C21H22ClN5. The van der Waals surface area contributed by atoms with E-state index in [2.05, 4.69) is 38.4 Å². The lowest BCUT2D eigenvalue weighted by molar-refractivity contribution is 0.203. The molecule has 4 rings (SSSR count). The first kappa shape index (κ1) is 17.9. The highest BCUT2D eigenvalue weighted by Crippen LogP contribution is 2.29. The monoisotopic (exact) mass is 379 g/mol. The van der Waals surface area contributed by atoms with Crippen LogP contribution in [0.2, 0.25) is 5.02 Å². The quantitative estimate of drug-likeness (QED) is 0.699. The van der Waals surface area contributed by atoms with E-state index in [9.17, 15) is 0 Å². The van der Waals surface area contributed by atoms with Crippen LogP contribution < -0.4 is 5.32 Å². The van der Waals surface area contributed by atoms with Crippen molar-refractivity contribution in [1.82, 2.24) is 19.9 Å². The number of piperidine rings is 1. The van der Waals surface area contributed by atoms with E-state index in [0.717, 1.165) is 49.0 Å². The van der Waals surface area contributed by atoms with Gasteiger partial charge in [-0.25, -0.2) is 9.97 Å². The Bertz CT molecular complexity index is 879.